The predicted octanol–water partition coefficient (Wildman–Crippen LogP) is 2.85. The molecule has 0 spiro atoms. The van der Waals surface area contributed by atoms with E-state index in [1.54, 1.807) is 20.8 Å². The zero-order valence-corrected chi connectivity index (χ0v) is 9.45. The van der Waals surface area contributed by atoms with Crippen LogP contribution in [0.2, 0.25) is 0 Å². The van der Waals surface area contributed by atoms with E-state index in [4.69, 9.17) is 0 Å². The Labute approximate surface area is 87.0 Å². The van der Waals surface area contributed by atoms with Crippen LogP contribution in [0.25, 0.3) is 0 Å². The number of nitrogens with one attached hydrogen (secondary N) is 1. The van der Waals surface area contributed by atoms with Crippen molar-refractivity contribution in [3.63, 3.8) is 0 Å². The molecule has 0 aromatic rings. The summed E-state index contributed by atoms with van der Waals surface area (Å²) in [6.45, 7) is 6.54. The van der Waals surface area contributed by atoms with Crippen LogP contribution < -0.4 is 5.32 Å². The minimum Gasteiger partial charge on any atom is -0.434 e. The van der Waals surface area contributed by atoms with Crippen LogP contribution >= 0.6 is 0 Å². The molecule has 0 heterocycles. The molecule has 0 fully saturated rings. The highest BCUT2D eigenvalue weighted by molar-refractivity contribution is 5.68. The van der Waals surface area contributed by atoms with Crippen molar-refractivity contribution >= 4 is 6.09 Å². The zero-order chi connectivity index (χ0) is 12.5. The number of rotatable bonds is 1. The standard InChI is InChI=1S/C9H16F3NO2/c1-7(2,3)13-6(14)15-8(4,5)9(10,11)12/h1-5H3,(H,13,14). The molecule has 0 radical (unpaired) electrons. The van der Waals surface area contributed by atoms with Gasteiger partial charge in [0, 0.05) is 5.54 Å². The first-order chi connectivity index (χ1) is 6.35. The Balaban J connectivity index is 4.43. The van der Waals surface area contributed by atoms with E-state index in [9.17, 15) is 18.0 Å². The highest BCUT2D eigenvalue weighted by Crippen LogP contribution is 2.32. The van der Waals surface area contributed by atoms with E-state index in [-0.39, 0.29) is 0 Å². The Hall–Kier alpha value is -0.940. The average molecular weight is 227 g/mol. The monoisotopic (exact) mass is 227 g/mol. The molecule has 0 saturated heterocycles. The minimum absolute atomic E-state index is 0.626. The summed E-state index contributed by atoms with van der Waals surface area (Å²) in [6.07, 6.45) is -5.66. The molecular weight excluding hydrogens is 211 g/mol. The van der Waals surface area contributed by atoms with E-state index < -0.39 is 23.4 Å². The van der Waals surface area contributed by atoms with Crippen molar-refractivity contribution in [1.29, 1.82) is 0 Å². The Morgan fingerprint density at radius 3 is 1.73 bits per heavy atom. The molecule has 0 bridgehead atoms. The first-order valence-electron chi connectivity index (χ1n) is 4.43. The third-order valence-electron chi connectivity index (χ3n) is 1.51. The number of hydrogen-bond acceptors (Lipinski definition) is 2. The molecule has 3 nitrogen and oxygen atoms in total. The first kappa shape index (κ1) is 14.1. The largest absolute Gasteiger partial charge is 0.434 e. The van der Waals surface area contributed by atoms with Gasteiger partial charge in [0.2, 0.25) is 5.60 Å². The van der Waals surface area contributed by atoms with Crippen LogP contribution in [0.4, 0.5) is 18.0 Å². The van der Waals surface area contributed by atoms with Crippen molar-refractivity contribution < 1.29 is 22.7 Å². The second-order valence-corrected chi connectivity index (χ2v) is 4.77. The molecule has 1 amide bonds. The van der Waals surface area contributed by atoms with E-state index >= 15 is 0 Å². The normalized spacial score (nSPS) is 13.6. The van der Waals surface area contributed by atoms with Gasteiger partial charge in [-0.2, -0.15) is 13.2 Å². The number of hydrogen-bond donors (Lipinski definition) is 1. The third-order valence-corrected chi connectivity index (χ3v) is 1.51. The van der Waals surface area contributed by atoms with E-state index in [2.05, 4.69) is 10.1 Å². The van der Waals surface area contributed by atoms with Crippen molar-refractivity contribution in [2.45, 2.75) is 51.9 Å². The van der Waals surface area contributed by atoms with Crippen molar-refractivity contribution in [3.8, 4) is 0 Å². The van der Waals surface area contributed by atoms with Gasteiger partial charge in [-0.15, -0.1) is 0 Å². The van der Waals surface area contributed by atoms with Crippen LogP contribution in [-0.2, 0) is 4.74 Å². The summed E-state index contributed by atoms with van der Waals surface area (Å²) in [5.41, 5.74) is -3.11. The van der Waals surface area contributed by atoms with E-state index in [0.717, 1.165) is 13.8 Å². The quantitative estimate of drug-likeness (QED) is 0.748. The summed E-state index contributed by atoms with van der Waals surface area (Å²) >= 11 is 0. The van der Waals surface area contributed by atoms with Crippen LogP contribution in [0.1, 0.15) is 34.6 Å². The van der Waals surface area contributed by atoms with Crippen molar-refractivity contribution in [2.24, 2.45) is 0 Å². The first-order valence-corrected chi connectivity index (χ1v) is 4.43. The maximum Gasteiger partial charge on any atom is 0.427 e. The lowest BCUT2D eigenvalue weighted by Gasteiger charge is -2.29. The van der Waals surface area contributed by atoms with Gasteiger partial charge in [0.25, 0.3) is 0 Å². The van der Waals surface area contributed by atoms with Gasteiger partial charge in [-0.25, -0.2) is 4.79 Å². The molecule has 0 aromatic heterocycles. The number of ether oxygens (including phenoxy) is 1. The summed E-state index contributed by atoms with van der Waals surface area (Å²) in [5, 5.41) is 2.29. The lowest BCUT2D eigenvalue weighted by Crippen LogP contribution is -2.49. The molecule has 0 saturated carbocycles. The van der Waals surface area contributed by atoms with Gasteiger partial charge in [-0.1, -0.05) is 0 Å². The van der Waals surface area contributed by atoms with Crippen molar-refractivity contribution in [2.75, 3.05) is 0 Å². The van der Waals surface area contributed by atoms with E-state index in [1.165, 1.54) is 0 Å². The molecule has 0 aliphatic rings. The fourth-order valence-electron chi connectivity index (χ4n) is 0.621. The molecule has 0 aliphatic heterocycles. The highest BCUT2D eigenvalue weighted by Gasteiger charge is 2.51. The minimum atomic E-state index is -4.58. The fourth-order valence-corrected chi connectivity index (χ4v) is 0.621. The smallest absolute Gasteiger partial charge is 0.427 e. The second kappa shape index (κ2) is 3.90. The van der Waals surface area contributed by atoms with Gasteiger partial charge < -0.3 is 10.1 Å². The van der Waals surface area contributed by atoms with Crippen LogP contribution in [0.15, 0.2) is 0 Å². The van der Waals surface area contributed by atoms with E-state index in [1.807, 2.05) is 0 Å². The van der Waals surface area contributed by atoms with Gasteiger partial charge in [0.05, 0.1) is 0 Å². The van der Waals surface area contributed by atoms with Gasteiger partial charge in [0.15, 0.2) is 0 Å². The molecule has 15 heavy (non-hydrogen) atoms. The lowest BCUT2D eigenvalue weighted by atomic mass is 10.1. The topological polar surface area (TPSA) is 38.3 Å². The Morgan fingerprint density at radius 2 is 1.47 bits per heavy atom. The van der Waals surface area contributed by atoms with Gasteiger partial charge in [-0.05, 0) is 34.6 Å². The highest BCUT2D eigenvalue weighted by atomic mass is 19.4. The molecule has 0 aromatic carbocycles. The summed E-state index contributed by atoms with van der Waals surface area (Å²) in [5.74, 6) is 0. The van der Waals surface area contributed by atoms with Gasteiger partial charge in [-0.3, -0.25) is 0 Å². The van der Waals surface area contributed by atoms with Crippen molar-refractivity contribution in [3.05, 3.63) is 0 Å². The summed E-state index contributed by atoms with van der Waals surface area (Å²) in [4.78, 5) is 11.1. The van der Waals surface area contributed by atoms with Crippen molar-refractivity contribution in [1.82, 2.24) is 5.32 Å². The number of alkyl halides is 3. The molecule has 0 atom stereocenters. The van der Waals surface area contributed by atoms with Gasteiger partial charge in [0.1, 0.15) is 0 Å². The molecule has 6 heteroatoms. The van der Waals surface area contributed by atoms with E-state index in [0.29, 0.717) is 0 Å². The number of carbonyl (C=O) groups excluding carboxylic acids is 1. The molecule has 90 valence electrons. The molecule has 0 rings (SSSR count). The molecular formula is C9H16F3NO2. The maximum atomic E-state index is 12.3. The van der Waals surface area contributed by atoms with Crippen LogP contribution in [-0.4, -0.2) is 23.4 Å². The molecule has 1 N–H and O–H groups in total. The summed E-state index contributed by atoms with van der Waals surface area (Å²) in [7, 11) is 0. The number of alkyl carbamates (subject to hydrolysis) is 1. The Bertz CT molecular complexity index is 241. The molecule has 0 unspecified atom stereocenters. The number of amides is 1. The van der Waals surface area contributed by atoms with Crippen LogP contribution in [0, 0.1) is 0 Å². The van der Waals surface area contributed by atoms with Gasteiger partial charge >= 0.3 is 12.3 Å². The Kier molecular flexibility index (Phi) is 3.66. The fraction of sp³-hybridized carbons (Fsp3) is 0.889. The SMILES string of the molecule is CC(C)(C)NC(=O)OC(C)(C)C(F)(F)F. The second-order valence-electron chi connectivity index (χ2n) is 4.77. The Morgan fingerprint density at radius 1 is 1.07 bits per heavy atom. The predicted molar refractivity (Wildman–Crippen MR) is 49.5 cm³/mol. The number of carbonyl (C=O) groups is 1. The summed E-state index contributed by atoms with van der Waals surface area (Å²) in [6, 6.07) is 0. The third kappa shape index (κ3) is 4.90. The summed E-state index contributed by atoms with van der Waals surface area (Å²) < 4.78 is 41.3. The maximum absolute atomic E-state index is 12.3. The van der Waals surface area contributed by atoms with Crippen LogP contribution in [0.3, 0.4) is 0 Å². The average Bonchev–Trinajstić information content (AvgIpc) is 1.75. The number of halogens is 3. The van der Waals surface area contributed by atoms with Crippen LogP contribution in [0.5, 0.6) is 0 Å². The lowest BCUT2D eigenvalue weighted by molar-refractivity contribution is -0.244. The molecule has 0 aliphatic carbocycles. The zero-order valence-electron chi connectivity index (χ0n) is 9.45.